The Morgan fingerprint density at radius 1 is 0.339 bits per heavy atom. The van der Waals surface area contributed by atoms with E-state index < -0.39 is 0 Å². The molecule has 1 heterocycles. The molecule has 10 aromatic rings. The largest absolute Gasteiger partial charge is 0.310 e. The molecule has 0 N–H and O–H groups in total. The third kappa shape index (κ3) is 5.53. The van der Waals surface area contributed by atoms with Crippen molar-refractivity contribution in [3.63, 3.8) is 0 Å². The van der Waals surface area contributed by atoms with Gasteiger partial charge >= 0.3 is 0 Å². The Bertz CT molecular complexity index is 3420. The van der Waals surface area contributed by atoms with Crippen LogP contribution in [-0.2, 0) is 10.8 Å². The summed E-state index contributed by atoms with van der Waals surface area (Å²) in [4.78, 5) is 2.47. The fraction of sp³-hybridized carbons (Fsp3) is 0.100. The first-order chi connectivity index (χ1) is 30.3. The Hall–Kier alpha value is -7.00. The quantitative estimate of drug-likeness (QED) is 0.162. The number of benzene rings is 9. The molecule has 0 unspecified atom stereocenters. The van der Waals surface area contributed by atoms with Gasteiger partial charge in [-0.3, -0.25) is 0 Å². The van der Waals surface area contributed by atoms with Crippen LogP contribution in [0.2, 0.25) is 0 Å². The van der Waals surface area contributed by atoms with Crippen molar-refractivity contribution >= 4 is 48.6 Å². The summed E-state index contributed by atoms with van der Waals surface area (Å²) in [5, 5.41) is 2.63. The average molecular weight is 812 g/mol. The van der Waals surface area contributed by atoms with Crippen LogP contribution in [0.1, 0.15) is 49.9 Å². The zero-order chi connectivity index (χ0) is 41.7. The van der Waals surface area contributed by atoms with Gasteiger partial charge in [-0.2, -0.15) is 0 Å². The first-order valence-electron chi connectivity index (χ1n) is 21.8. The van der Waals surface area contributed by atoms with Gasteiger partial charge in [0, 0.05) is 47.9 Å². The van der Waals surface area contributed by atoms with E-state index in [1.54, 1.807) is 0 Å². The highest BCUT2D eigenvalue weighted by molar-refractivity contribution is 7.25. The Labute approximate surface area is 368 Å². The van der Waals surface area contributed by atoms with E-state index in [4.69, 9.17) is 0 Å². The molecular formula is C60H45NS. The molecule has 0 amide bonds. The summed E-state index contributed by atoms with van der Waals surface area (Å²) in [6.07, 6.45) is 0. The number of rotatable bonds is 6. The van der Waals surface area contributed by atoms with E-state index in [-0.39, 0.29) is 10.8 Å². The maximum atomic E-state index is 2.47. The molecule has 0 spiro atoms. The monoisotopic (exact) mass is 811 g/mol. The molecule has 0 fully saturated rings. The van der Waals surface area contributed by atoms with Crippen molar-refractivity contribution in [2.75, 3.05) is 4.90 Å². The topological polar surface area (TPSA) is 3.24 Å². The molecule has 9 aromatic carbocycles. The Morgan fingerprint density at radius 3 is 1.74 bits per heavy atom. The van der Waals surface area contributed by atoms with E-state index in [0.717, 1.165) is 17.1 Å². The third-order valence-corrected chi connectivity index (χ3v) is 15.1. The van der Waals surface area contributed by atoms with Crippen LogP contribution < -0.4 is 4.90 Å². The molecule has 296 valence electrons. The summed E-state index contributed by atoms with van der Waals surface area (Å²) < 4.78 is 2.64. The van der Waals surface area contributed by atoms with Crippen molar-refractivity contribution in [1.29, 1.82) is 0 Å². The van der Waals surface area contributed by atoms with Crippen molar-refractivity contribution in [2.45, 2.75) is 38.5 Å². The summed E-state index contributed by atoms with van der Waals surface area (Å²) in [6.45, 7) is 9.44. The van der Waals surface area contributed by atoms with Crippen LogP contribution in [0, 0.1) is 0 Å². The van der Waals surface area contributed by atoms with Crippen LogP contribution in [0.5, 0.6) is 0 Å². The maximum absolute atomic E-state index is 2.47. The molecule has 0 aliphatic heterocycles. The fourth-order valence-corrected chi connectivity index (χ4v) is 11.8. The van der Waals surface area contributed by atoms with Crippen molar-refractivity contribution in [2.24, 2.45) is 0 Å². The van der Waals surface area contributed by atoms with E-state index >= 15 is 0 Å². The van der Waals surface area contributed by atoms with E-state index in [1.807, 2.05) is 11.3 Å². The average Bonchev–Trinajstić information content (AvgIpc) is 3.89. The normalized spacial score (nSPS) is 14.1. The molecule has 0 bridgehead atoms. The summed E-state index contributed by atoms with van der Waals surface area (Å²) >= 11 is 1.87. The molecule has 0 radical (unpaired) electrons. The second-order valence-electron chi connectivity index (χ2n) is 18.1. The minimum Gasteiger partial charge on any atom is -0.310 e. The van der Waals surface area contributed by atoms with Gasteiger partial charge in [-0.25, -0.2) is 0 Å². The number of anilines is 3. The van der Waals surface area contributed by atoms with Crippen LogP contribution >= 0.6 is 11.3 Å². The molecule has 2 aliphatic carbocycles. The second-order valence-corrected chi connectivity index (χ2v) is 19.2. The highest BCUT2D eigenvalue weighted by atomic mass is 32.1. The molecule has 2 aliphatic rings. The van der Waals surface area contributed by atoms with Crippen LogP contribution in [0.15, 0.2) is 200 Å². The molecule has 62 heavy (non-hydrogen) atoms. The van der Waals surface area contributed by atoms with Gasteiger partial charge in [0.05, 0.1) is 5.69 Å². The minimum absolute atomic E-state index is 0.0538. The zero-order valence-corrected chi connectivity index (χ0v) is 36.2. The van der Waals surface area contributed by atoms with Crippen molar-refractivity contribution < 1.29 is 0 Å². The zero-order valence-electron chi connectivity index (χ0n) is 35.4. The van der Waals surface area contributed by atoms with Gasteiger partial charge < -0.3 is 4.90 Å². The fourth-order valence-electron chi connectivity index (χ4n) is 10.7. The number of fused-ring (bicyclic) bond motifs is 9. The lowest BCUT2D eigenvalue weighted by molar-refractivity contribution is 0.660. The predicted molar refractivity (Wildman–Crippen MR) is 265 cm³/mol. The number of hydrogen-bond acceptors (Lipinski definition) is 2. The van der Waals surface area contributed by atoms with Crippen molar-refractivity contribution in [3.8, 4) is 55.6 Å². The lowest BCUT2D eigenvalue weighted by Gasteiger charge is -2.29. The minimum atomic E-state index is -0.0921. The van der Waals surface area contributed by atoms with Gasteiger partial charge in [0.25, 0.3) is 0 Å². The van der Waals surface area contributed by atoms with Crippen LogP contribution in [0.4, 0.5) is 17.1 Å². The Kier molecular flexibility index (Phi) is 8.17. The van der Waals surface area contributed by atoms with Gasteiger partial charge in [-0.1, -0.05) is 173 Å². The van der Waals surface area contributed by atoms with Crippen molar-refractivity contribution in [1.82, 2.24) is 0 Å². The number of hydrogen-bond donors (Lipinski definition) is 0. The Balaban J connectivity index is 1.01. The summed E-state index contributed by atoms with van der Waals surface area (Å²) in [5.74, 6) is 0. The van der Waals surface area contributed by atoms with Crippen LogP contribution in [-0.4, -0.2) is 0 Å². The van der Waals surface area contributed by atoms with E-state index in [1.165, 1.54) is 98.1 Å². The smallest absolute Gasteiger partial charge is 0.0540 e. The molecule has 0 saturated carbocycles. The molecule has 0 atom stereocenters. The van der Waals surface area contributed by atoms with Gasteiger partial charge in [0.1, 0.15) is 0 Å². The van der Waals surface area contributed by atoms with Crippen LogP contribution in [0.3, 0.4) is 0 Å². The molecule has 0 saturated heterocycles. The Morgan fingerprint density at radius 2 is 0.903 bits per heavy atom. The van der Waals surface area contributed by atoms with Crippen LogP contribution in [0.25, 0.3) is 75.8 Å². The first kappa shape index (κ1) is 36.8. The molecular weight excluding hydrogens is 767 g/mol. The van der Waals surface area contributed by atoms with Gasteiger partial charge in [0.2, 0.25) is 0 Å². The SMILES string of the molecule is CC1(C)c2ccccc2-c2ccc(-c3ccc(N(c4cccc(-c5ccc6sc7ccccc7c6c5)c4)c4ccccc4-c4cccc5c4-c4ccccc4C5(C)C)cc3)cc21. The van der Waals surface area contributed by atoms with Crippen molar-refractivity contribution in [3.05, 3.63) is 222 Å². The highest BCUT2D eigenvalue weighted by Crippen LogP contribution is 2.54. The number of nitrogens with zero attached hydrogens (tertiary/aromatic N) is 1. The molecule has 1 nitrogen and oxygen atoms in total. The molecule has 2 heteroatoms. The molecule has 1 aromatic heterocycles. The standard InChI is InChI=1S/C60H45NS/c1-59(2)52-23-10-6-20-49(52)58-48(21-14-24-53(58)59)46-18-7-11-25-55(46)61(43-16-13-15-39(35-43)40-30-34-57-50(36-40)47-19-8-12-26-56(47)62-57)42-31-27-38(28-32-42)41-29-33-45-44-17-5-9-22-51(44)60(3,4)54(45)37-41/h5-37H,1-4H3. The van der Waals surface area contributed by atoms with Gasteiger partial charge in [-0.05, 0) is 127 Å². The summed E-state index contributed by atoms with van der Waals surface area (Å²) in [7, 11) is 0. The first-order valence-corrected chi connectivity index (χ1v) is 22.6. The van der Waals surface area contributed by atoms with E-state index in [9.17, 15) is 0 Å². The predicted octanol–water partition coefficient (Wildman–Crippen LogP) is 17.1. The lowest BCUT2D eigenvalue weighted by Crippen LogP contribution is -2.15. The second kappa shape index (κ2) is 13.8. The summed E-state index contributed by atoms with van der Waals surface area (Å²) in [5.41, 5.74) is 21.5. The van der Waals surface area contributed by atoms with Gasteiger partial charge in [0.15, 0.2) is 0 Å². The highest BCUT2D eigenvalue weighted by Gasteiger charge is 2.37. The summed E-state index contributed by atoms with van der Waals surface area (Å²) in [6, 6.07) is 74.8. The number of para-hydroxylation sites is 1. The van der Waals surface area contributed by atoms with Gasteiger partial charge in [-0.15, -0.1) is 11.3 Å². The van der Waals surface area contributed by atoms with E-state index in [2.05, 4.69) is 233 Å². The van der Waals surface area contributed by atoms with E-state index in [0.29, 0.717) is 0 Å². The maximum Gasteiger partial charge on any atom is 0.0540 e. The lowest BCUT2D eigenvalue weighted by atomic mass is 9.81. The molecule has 12 rings (SSSR count). The number of thiophene rings is 1. The third-order valence-electron chi connectivity index (χ3n) is 13.9.